The number of halogens is 1. The lowest BCUT2D eigenvalue weighted by Crippen LogP contribution is -2.37. The Hall–Kier alpha value is -2.02. The van der Waals surface area contributed by atoms with Crippen molar-refractivity contribution < 1.29 is 14.1 Å². The van der Waals surface area contributed by atoms with Crippen LogP contribution in [0.4, 0.5) is 10.1 Å². The first kappa shape index (κ1) is 13.9. The summed E-state index contributed by atoms with van der Waals surface area (Å²) in [5.74, 6) is -1.33. The molecule has 1 heterocycles. The minimum Gasteiger partial charge on any atom is -0.348 e. The van der Waals surface area contributed by atoms with E-state index < -0.39 is 16.6 Å². The first-order valence-corrected chi connectivity index (χ1v) is 7.03. The Kier molecular flexibility index (Phi) is 3.59. The van der Waals surface area contributed by atoms with Crippen molar-refractivity contribution in [2.45, 2.75) is 31.3 Å². The van der Waals surface area contributed by atoms with Crippen LogP contribution in [0.5, 0.6) is 0 Å². The van der Waals surface area contributed by atoms with Crippen LogP contribution in [0, 0.1) is 15.9 Å². The van der Waals surface area contributed by atoms with Crippen molar-refractivity contribution in [1.29, 1.82) is 0 Å². The van der Waals surface area contributed by atoms with Crippen molar-refractivity contribution in [2.75, 3.05) is 13.1 Å². The number of nitrogens with zero attached hydrogens (tertiary/aromatic N) is 2. The summed E-state index contributed by atoms with van der Waals surface area (Å²) >= 11 is 0. The Morgan fingerprint density at radius 2 is 2.14 bits per heavy atom. The van der Waals surface area contributed by atoms with Crippen LogP contribution in [-0.2, 0) is 0 Å². The van der Waals surface area contributed by atoms with Crippen LogP contribution in [0.1, 0.15) is 29.6 Å². The molecule has 0 spiro atoms. The van der Waals surface area contributed by atoms with Gasteiger partial charge in [0.25, 0.3) is 11.6 Å². The quantitative estimate of drug-likeness (QED) is 0.677. The molecule has 1 aliphatic carbocycles. The molecule has 2 fully saturated rings. The minimum absolute atomic E-state index is 0.0169. The summed E-state index contributed by atoms with van der Waals surface area (Å²) in [5.41, 5.74) is -0.554. The highest BCUT2D eigenvalue weighted by Crippen LogP contribution is 2.29. The number of hydrogen-bond acceptors (Lipinski definition) is 4. The second-order valence-electron chi connectivity index (χ2n) is 5.61. The summed E-state index contributed by atoms with van der Waals surface area (Å²) < 4.78 is 13.7. The van der Waals surface area contributed by atoms with E-state index in [2.05, 4.69) is 10.2 Å². The summed E-state index contributed by atoms with van der Waals surface area (Å²) in [4.78, 5) is 24.5. The fraction of sp³-hybridized carbons (Fsp3) is 0.500. The van der Waals surface area contributed by atoms with Gasteiger partial charge in [-0.2, -0.15) is 0 Å². The molecule has 7 heteroatoms. The molecule has 1 aromatic carbocycles. The van der Waals surface area contributed by atoms with Crippen LogP contribution in [-0.4, -0.2) is 40.9 Å². The highest BCUT2D eigenvalue weighted by Gasteiger charge is 2.35. The van der Waals surface area contributed by atoms with E-state index in [0.29, 0.717) is 6.04 Å². The van der Waals surface area contributed by atoms with Gasteiger partial charge in [-0.05, 0) is 25.3 Å². The number of likely N-dealkylation sites (tertiary alicyclic amines) is 1. The van der Waals surface area contributed by atoms with Crippen LogP contribution in [0.25, 0.3) is 0 Å². The third kappa shape index (κ3) is 3.02. The molecule has 0 radical (unpaired) electrons. The van der Waals surface area contributed by atoms with Gasteiger partial charge in [0.2, 0.25) is 0 Å². The van der Waals surface area contributed by atoms with E-state index in [1.54, 1.807) is 0 Å². The molecule has 1 saturated carbocycles. The highest BCUT2D eigenvalue weighted by atomic mass is 19.1. The van der Waals surface area contributed by atoms with Crippen molar-refractivity contribution in [1.82, 2.24) is 10.2 Å². The Labute approximate surface area is 121 Å². The zero-order valence-corrected chi connectivity index (χ0v) is 11.4. The smallest absolute Gasteiger partial charge is 0.270 e. The Bertz CT molecular complexity index is 589. The molecule has 0 aromatic heterocycles. The van der Waals surface area contributed by atoms with Gasteiger partial charge in [0.1, 0.15) is 5.82 Å². The zero-order valence-electron chi connectivity index (χ0n) is 11.4. The van der Waals surface area contributed by atoms with Gasteiger partial charge in [0.15, 0.2) is 0 Å². The fourth-order valence-electron chi connectivity index (χ4n) is 2.74. The fourth-order valence-corrected chi connectivity index (χ4v) is 2.74. The summed E-state index contributed by atoms with van der Waals surface area (Å²) in [6, 6.07) is 3.62. The number of amides is 1. The van der Waals surface area contributed by atoms with Crippen LogP contribution in [0.15, 0.2) is 18.2 Å². The Morgan fingerprint density at radius 3 is 2.81 bits per heavy atom. The molecule has 1 saturated heterocycles. The van der Waals surface area contributed by atoms with Crippen LogP contribution < -0.4 is 5.32 Å². The molecule has 3 rings (SSSR count). The first-order valence-electron chi connectivity index (χ1n) is 7.03. The number of benzene rings is 1. The molecule has 6 nitrogen and oxygen atoms in total. The van der Waals surface area contributed by atoms with Crippen molar-refractivity contribution in [3.8, 4) is 0 Å². The lowest BCUT2D eigenvalue weighted by molar-refractivity contribution is -0.384. The van der Waals surface area contributed by atoms with E-state index >= 15 is 0 Å². The molecule has 0 bridgehead atoms. The molecule has 1 amide bonds. The zero-order chi connectivity index (χ0) is 15.0. The minimum atomic E-state index is -0.741. The molecule has 21 heavy (non-hydrogen) atoms. The van der Waals surface area contributed by atoms with Crippen molar-refractivity contribution in [3.05, 3.63) is 39.7 Å². The molecule has 1 unspecified atom stereocenters. The Balaban J connectivity index is 1.67. The standard InChI is InChI=1S/C14H16FN3O3/c15-13-4-3-11(18(20)21)7-12(13)14(19)16-9-5-6-17(8-9)10-1-2-10/h3-4,7,9-10H,1-2,5-6,8H2,(H,16,19). The average molecular weight is 293 g/mol. The maximum absolute atomic E-state index is 13.7. The maximum Gasteiger partial charge on any atom is 0.270 e. The number of rotatable bonds is 4. The van der Waals surface area contributed by atoms with Crippen molar-refractivity contribution in [2.24, 2.45) is 0 Å². The van der Waals surface area contributed by atoms with Crippen LogP contribution >= 0.6 is 0 Å². The van der Waals surface area contributed by atoms with Gasteiger partial charge < -0.3 is 5.32 Å². The number of nitro groups is 1. The van der Waals surface area contributed by atoms with Crippen LogP contribution in [0.2, 0.25) is 0 Å². The van der Waals surface area contributed by atoms with Gasteiger partial charge in [0, 0.05) is 37.3 Å². The first-order chi connectivity index (χ1) is 10.0. The second-order valence-corrected chi connectivity index (χ2v) is 5.61. The van der Waals surface area contributed by atoms with E-state index in [4.69, 9.17) is 0 Å². The van der Waals surface area contributed by atoms with Crippen LogP contribution in [0.3, 0.4) is 0 Å². The number of carbonyl (C=O) groups excluding carboxylic acids is 1. The largest absolute Gasteiger partial charge is 0.348 e. The summed E-state index contributed by atoms with van der Waals surface area (Å²) in [6.45, 7) is 1.71. The summed E-state index contributed by atoms with van der Waals surface area (Å²) in [7, 11) is 0. The number of nitro benzene ring substituents is 1. The van der Waals surface area contributed by atoms with Gasteiger partial charge in [-0.25, -0.2) is 4.39 Å². The lowest BCUT2D eigenvalue weighted by atomic mass is 10.1. The van der Waals surface area contributed by atoms with Crippen molar-refractivity contribution >= 4 is 11.6 Å². The summed E-state index contributed by atoms with van der Waals surface area (Å²) in [6.07, 6.45) is 3.25. The monoisotopic (exact) mass is 293 g/mol. The molecular formula is C14H16FN3O3. The number of non-ortho nitro benzene ring substituents is 1. The second kappa shape index (κ2) is 5.40. The molecular weight excluding hydrogens is 277 g/mol. The molecule has 1 N–H and O–H groups in total. The van der Waals surface area contributed by atoms with Gasteiger partial charge in [-0.15, -0.1) is 0 Å². The average Bonchev–Trinajstić information content (AvgIpc) is 3.20. The van der Waals surface area contributed by atoms with E-state index in [1.165, 1.54) is 12.8 Å². The number of carbonyl (C=O) groups is 1. The lowest BCUT2D eigenvalue weighted by Gasteiger charge is -2.15. The third-order valence-corrected chi connectivity index (χ3v) is 4.02. The Morgan fingerprint density at radius 1 is 1.38 bits per heavy atom. The molecule has 112 valence electrons. The van der Waals surface area contributed by atoms with Gasteiger partial charge in [-0.1, -0.05) is 0 Å². The van der Waals surface area contributed by atoms with Gasteiger partial charge in [0.05, 0.1) is 10.5 Å². The normalized spacial score (nSPS) is 22.2. The predicted molar refractivity (Wildman–Crippen MR) is 73.5 cm³/mol. The van der Waals surface area contributed by atoms with Crippen molar-refractivity contribution in [3.63, 3.8) is 0 Å². The van der Waals surface area contributed by atoms with Gasteiger partial charge >= 0.3 is 0 Å². The summed E-state index contributed by atoms with van der Waals surface area (Å²) in [5, 5.41) is 13.5. The molecule has 2 aliphatic rings. The predicted octanol–water partition coefficient (Wildman–Crippen LogP) is 1.70. The molecule has 1 aliphatic heterocycles. The SMILES string of the molecule is O=C(NC1CCN(C2CC2)C1)c1cc([N+](=O)[O-])ccc1F. The number of hydrogen-bond donors (Lipinski definition) is 1. The van der Waals surface area contributed by atoms with E-state index in [0.717, 1.165) is 37.7 Å². The van der Waals surface area contributed by atoms with E-state index in [-0.39, 0.29) is 17.3 Å². The van der Waals surface area contributed by atoms with E-state index in [1.807, 2.05) is 0 Å². The molecule has 1 atom stereocenters. The number of nitrogens with one attached hydrogen (secondary N) is 1. The third-order valence-electron chi connectivity index (χ3n) is 4.02. The van der Waals surface area contributed by atoms with E-state index in [9.17, 15) is 19.3 Å². The topological polar surface area (TPSA) is 75.5 Å². The highest BCUT2D eigenvalue weighted by molar-refractivity contribution is 5.95. The van der Waals surface area contributed by atoms with Gasteiger partial charge in [-0.3, -0.25) is 19.8 Å². The maximum atomic E-state index is 13.7. The molecule has 1 aromatic rings.